The minimum Gasteiger partial charge on any atom is -0.497 e. The zero-order chi connectivity index (χ0) is 23.8. The predicted octanol–water partition coefficient (Wildman–Crippen LogP) is 4.56. The average molecular weight is 487 g/mol. The van der Waals surface area contributed by atoms with Crippen LogP contribution >= 0.6 is 11.6 Å². The third-order valence-corrected chi connectivity index (χ3v) is 7.40. The second-order valence-electron chi connectivity index (χ2n) is 7.74. The Morgan fingerprint density at radius 2 is 1.82 bits per heavy atom. The number of hydrogen-bond acceptors (Lipinski definition) is 5. The number of carbonyl (C=O) groups is 1. The molecule has 1 heterocycles. The lowest BCUT2D eigenvalue weighted by molar-refractivity contribution is -0.122. The number of ether oxygens (including phenoxy) is 2. The van der Waals surface area contributed by atoms with Gasteiger partial charge < -0.3 is 14.8 Å². The topological polar surface area (TPSA) is 84.9 Å². The highest BCUT2D eigenvalue weighted by molar-refractivity contribution is 7.92. The van der Waals surface area contributed by atoms with Crippen molar-refractivity contribution in [2.45, 2.75) is 24.8 Å². The van der Waals surface area contributed by atoms with Crippen LogP contribution in [0.2, 0.25) is 5.02 Å². The number of nitrogens with one attached hydrogen (secondary N) is 1. The maximum absolute atomic E-state index is 13.5. The number of carbonyl (C=O) groups excluding carboxylic acids is 1. The molecule has 1 unspecified atom stereocenters. The number of amides is 1. The maximum Gasteiger partial charge on any atom is 0.267 e. The fourth-order valence-electron chi connectivity index (χ4n) is 3.58. The van der Waals surface area contributed by atoms with Crippen LogP contribution in [0.4, 0.5) is 11.4 Å². The number of hydrogen-bond donors (Lipinski definition) is 1. The van der Waals surface area contributed by atoms with Gasteiger partial charge in [0.25, 0.3) is 15.9 Å². The molecular formula is C24H23ClN2O5S. The Morgan fingerprint density at radius 3 is 2.48 bits per heavy atom. The van der Waals surface area contributed by atoms with Gasteiger partial charge in [-0.3, -0.25) is 9.10 Å². The van der Waals surface area contributed by atoms with Crippen LogP contribution in [-0.2, 0) is 14.8 Å². The summed E-state index contributed by atoms with van der Waals surface area (Å²) < 4.78 is 39.4. The first-order valence-electron chi connectivity index (χ1n) is 10.2. The van der Waals surface area contributed by atoms with Crippen molar-refractivity contribution in [3.63, 3.8) is 0 Å². The number of fused-ring (bicyclic) bond motifs is 1. The summed E-state index contributed by atoms with van der Waals surface area (Å²) in [5.41, 5.74) is 2.62. The molecule has 4 rings (SSSR count). The van der Waals surface area contributed by atoms with Gasteiger partial charge in [-0.25, -0.2) is 8.42 Å². The van der Waals surface area contributed by atoms with Crippen LogP contribution in [0.3, 0.4) is 0 Å². The molecule has 9 heteroatoms. The fraction of sp³-hybridized carbons (Fsp3) is 0.208. The van der Waals surface area contributed by atoms with E-state index in [9.17, 15) is 13.2 Å². The van der Waals surface area contributed by atoms with Crippen LogP contribution in [0.5, 0.6) is 11.5 Å². The first-order valence-corrected chi connectivity index (χ1v) is 12.0. The van der Waals surface area contributed by atoms with Gasteiger partial charge >= 0.3 is 0 Å². The predicted molar refractivity (Wildman–Crippen MR) is 128 cm³/mol. The Morgan fingerprint density at radius 1 is 1.09 bits per heavy atom. The van der Waals surface area contributed by atoms with E-state index in [4.69, 9.17) is 21.1 Å². The SMILES string of the molecule is COc1ccc(S(=O)(=O)N2CC(C(=O)Nc3ccc(Cl)cc3C)Oc3cc(C)ccc32)cc1. The number of halogens is 1. The summed E-state index contributed by atoms with van der Waals surface area (Å²) >= 11 is 6.00. The highest BCUT2D eigenvalue weighted by atomic mass is 35.5. The smallest absolute Gasteiger partial charge is 0.267 e. The normalized spacial score (nSPS) is 15.4. The molecule has 0 saturated heterocycles. The number of sulfonamides is 1. The molecule has 3 aromatic carbocycles. The van der Waals surface area contributed by atoms with Crippen LogP contribution in [0.15, 0.2) is 65.6 Å². The Hall–Kier alpha value is -3.23. The van der Waals surface area contributed by atoms with Crippen molar-refractivity contribution in [2.24, 2.45) is 0 Å². The van der Waals surface area contributed by atoms with Gasteiger partial charge in [0, 0.05) is 10.7 Å². The molecule has 33 heavy (non-hydrogen) atoms. The number of aryl methyl sites for hydroxylation is 2. The van der Waals surface area contributed by atoms with E-state index in [0.717, 1.165) is 11.1 Å². The summed E-state index contributed by atoms with van der Waals surface area (Å²) in [5.74, 6) is 0.413. The second-order valence-corrected chi connectivity index (χ2v) is 10.0. The van der Waals surface area contributed by atoms with E-state index in [1.54, 1.807) is 48.5 Å². The van der Waals surface area contributed by atoms with Crippen molar-refractivity contribution in [3.8, 4) is 11.5 Å². The van der Waals surface area contributed by atoms with Crippen molar-refractivity contribution >= 4 is 38.9 Å². The van der Waals surface area contributed by atoms with Crippen LogP contribution in [-0.4, -0.2) is 34.1 Å². The molecule has 0 fully saturated rings. The molecule has 1 amide bonds. The lowest BCUT2D eigenvalue weighted by atomic mass is 10.1. The van der Waals surface area contributed by atoms with Gasteiger partial charge in [0.2, 0.25) is 0 Å². The Balaban J connectivity index is 1.69. The quantitative estimate of drug-likeness (QED) is 0.571. The molecule has 0 saturated carbocycles. The fourth-order valence-corrected chi connectivity index (χ4v) is 5.28. The van der Waals surface area contributed by atoms with Crippen LogP contribution in [0, 0.1) is 13.8 Å². The Bertz CT molecular complexity index is 1310. The number of anilines is 2. The lowest BCUT2D eigenvalue weighted by Crippen LogP contribution is -2.48. The molecule has 0 radical (unpaired) electrons. The molecule has 1 N–H and O–H groups in total. The number of methoxy groups -OCH3 is 1. The van der Waals surface area contributed by atoms with Crippen molar-refractivity contribution in [2.75, 3.05) is 23.3 Å². The zero-order valence-electron chi connectivity index (χ0n) is 18.3. The second kappa shape index (κ2) is 8.96. The molecule has 0 aliphatic carbocycles. The zero-order valence-corrected chi connectivity index (χ0v) is 19.9. The minimum absolute atomic E-state index is 0.0874. The summed E-state index contributed by atoms with van der Waals surface area (Å²) in [7, 11) is -2.46. The standard InChI is InChI=1S/C24H23ClN2O5S/c1-15-4-11-21-22(12-15)32-23(24(28)26-20-10-5-17(25)13-16(20)2)14-27(21)33(29,30)19-8-6-18(31-3)7-9-19/h4-13,23H,14H2,1-3H3,(H,26,28). The molecular weight excluding hydrogens is 464 g/mol. The first-order chi connectivity index (χ1) is 15.7. The molecule has 0 bridgehead atoms. The third-order valence-electron chi connectivity index (χ3n) is 5.37. The third kappa shape index (κ3) is 4.62. The van der Waals surface area contributed by atoms with Gasteiger partial charge in [0.1, 0.15) is 11.5 Å². The van der Waals surface area contributed by atoms with E-state index in [2.05, 4.69) is 5.32 Å². The van der Waals surface area contributed by atoms with E-state index >= 15 is 0 Å². The van der Waals surface area contributed by atoms with Gasteiger partial charge in [-0.15, -0.1) is 0 Å². The molecule has 0 spiro atoms. The number of rotatable bonds is 5. The highest BCUT2D eigenvalue weighted by Crippen LogP contribution is 2.38. The van der Waals surface area contributed by atoms with Gasteiger partial charge in [-0.05, 0) is 79.6 Å². The lowest BCUT2D eigenvalue weighted by Gasteiger charge is -2.35. The molecule has 1 aliphatic rings. The molecule has 1 atom stereocenters. The summed E-state index contributed by atoms with van der Waals surface area (Å²) in [6.45, 7) is 3.51. The van der Waals surface area contributed by atoms with E-state index in [0.29, 0.717) is 27.9 Å². The van der Waals surface area contributed by atoms with Crippen molar-refractivity contribution in [1.29, 1.82) is 0 Å². The molecule has 172 valence electrons. The summed E-state index contributed by atoms with van der Waals surface area (Å²) in [6, 6.07) is 16.4. The summed E-state index contributed by atoms with van der Waals surface area (Å²) in [6.07, 6.45) is -1.05. The van der Waals surface area contributed by atoms with Gasteiger partial charge in [-0.1, -0.05) is 17.7 Å². The van der Waals surface area contributed by atoms with Crippen LogP contribution in [0.25, 0.3) is 0 Å². The molecule has 3 aromatic rings. The Kier molecular flexibility index (Phi) is 6.23. The number of nitrogens with zero attached hydrogens (tertiary/aromatic N) is 1. The summed E-state index contributed by atoms with van der Waals surface area (Å²) in [4.78, 5) is 13.2. The van der Waals surface area contributed by atoms with Crippen molar-refractivity contribution in [3.05, 3.63) is 76.8 Å². The number of benzene rings is 3. The highest BCUT2D eigenvalue weighted by Gasteiger charge is 2.37. The largest absolute Gasteiger partial charge is 0.497 e. The van der Waals surface area contributed by atoms with Crippen molar-refractivity contribution in [1.82, 2.24) is 0 Å². The summed E-state index contributed by atoms with van der Waals surface area (Å²) in [5, 5.41) is 3.37. The van der Waals surface area contributed by atoms with Crippen molar-refractivity contribution < 1.29 is 22.7 Å². The van der Waals surface area contributed by atoms with Gasteiger partial charge in [0.15, 0.2) is 6.10 Å². The van der Waals surface area contributed by atoms with Crippen LogP contribution < -0.4 is 19.1 Å². The van der Waals surface area contributed by atoms with Crippen LogP contribution in [0.1, 0.15) is 11.1 Å². The molecule has 7 nitrogen and oxygen atoms in total. The van der Waals surface area contributed by atoms with Gasteiger partial charge in [-0.2, -0.15) is 0 Å². The first kappa shape index (κ1) is 22.9. The monoisotopic (exact) mass is 486 g/mol. The molecule has 1 aliphatic heterocycles. The molecule has 0 aromatic heterocycles. The minimum atomic E-state index is -3.97. The van der Waals surface area contributed by atoms with E-state index in [-0.39, 0.29) is 11.4 Å². The van der Waals surface area contributed by atoms with Gasteiger partial charge in [0.05, 0.1) is 24.2 Å². The van der Waals surface area contributed by atoms with E-state index in [1.165, 1.54) is 23.5 Å². The Labute approximate surface area is 197 Å². The average Bonchev–Trinajstić information content (AvgIpc) is 2.79. The maximum atomic E-state index is 13.5. The van der Waals surface area contributed by atoms with E-state index < -0.39 is 22.0 Å². The van der Waals surface area contributed by atoms with E-state index in [1.807, 2.05) is 13.8 Å².